The fraction of sp³-hybridized carbons (Fsp3) is 0.704. The Morgan fingerprint density at radius 3 is 2.71 bits per heavy atom. The molecule has 4 heteroatoms. The molecule has 0 aromatic rings. The second-order valence-corrected chi connectivity index (χ2v) is 11.4. The molecule has 2 N–H and O–H groups in total. The molecule has 0 aromatic heterocycles. The Balaban J connectivity index is 1.22. The summed E-state index contributed by atoms with van der Waals surface area (Å²) in [5, 5.41) is 20.2. The van der Waals surface area contributed by atoms with Gasteiger partial charge < -0.3 is 15.1 Å². The Bertz CT molecular complexity index is 906. The van der Waals surface area contributed by atoms with E-state index in [1.807, 2.05) is 0 Å². The van der Waals surface area contributed by atoms with Crippen LogP contribution in [0.3, 0.4) is 0 Å². The van der Waals surface area contributed by atoms with Crippen LogP contribution < -0.4 is 0 Å². The van der Waals surface area contributed by atoms with Crippen LogP contribution in [-0.2, 0) is 9.78 Å². The number of allylic oxidation sites excluding steroid dienone is 4. The number of rotatable bonds is 3. The summed E-state index contributed by atoms with van der Waals surface area (Å²) in [5.74, 6) is 2.93. The van der Waals surface area contributed by atoms with Gasteiger partial charge >= 0.3 is 0 Å². The lowest BCUT2D eigenvalue weighted by Crippen LogP contribution is -2.40. The highest BCUT2D eigenvalue weighted by molar-refractivity contribution is 5.55. The largest absolute Gasteiger partial charge is 0.393 e. The number of fused-ring (bicyclic) bond motifs is 3. The third-order valence-electron chi connectivity index (χ3n) is 9.82. The van der Waals surface area contributed by atoms with Crippen LogP contribution in [0.15, 0.2) is 46.8 Å². The van der Waals surface area contributed by atoms with Gasteiger partial charge in [0.15, 0.2) is 5.76 Å². The zero-order valence-corrected chi connectivity index (χ0v) is 18.9. The van der Waals surface area contributed by atoms with Crippen LogP contribution in [0.4, 0.5) is 0 Å². The average Bonchev–Trinajstić information content (AvgIpc) is 3.51. The van der Waals surface area contributed by atoms with Crippen LogP contribution >= 0.6 is 0 Å². The van der Waals surface area contributed by atoms with E-state index in [1.54, 1.807) is 5.57 Å². The maximum absolute atomic E-state index is 10.2. The van der Waals surface area contributed by atoms with Crippen LogP contribution in [0.5, 0.6) is 0 Å². The Kier molecular flexibility index (Phi) is 4.46. The predicted octanol–water partition coefficient (Wildman–Crippen LogP) is 5.14. The van der Waals surface area contributed by atoms with Gasteiger partial charge in [-0.3, -0.25) is 0 Å². The monoisotopic (exact) mass is 424 g/mol. The van der Waals surface area contributed by atoms with E-state index >= 15 is 0 Å². The summed E-state index contributed by atoms with van der Waals surface area (Å²) < 4.78 is 0. The third kappa shape index (κ3) is 2.91. The minimum atomic E-state index is -0.619. The molecule has 0 amide bonds. The molecule has 1 spiro atoms. The van der Waals surface area contributed by atoms with E-state index in [0.29, 0.717) is 41.4 Å². The van der Waals surface area contributed by atoms with Gasteiger partial charge in [-0.15, -0.1) is 0 Å². The quantitative estimate of drug-likeness (QED) is 0.616. The first-order chi connectivity index (χ1) is 14.8. The summed E-state index contributed by atoms with van der Waals surface area (Å²) >= 11 is 0. The molecule has 6 rings (SSSR count). The molecule has 1 heterocycles. The van der Waals surface area contributed by atoms with Crippen LogP contribution in [0, 0.1) is 28.6 Å². The number of hydrogen-bond acceptors (Lipinski definition) is 4. The van der Waals surface area contributed by atoms with Gasteiger partial charge in [0.05, 0.1) is 17.6 Å². The maximum Gasteiger partial charge on any atom is 0.155 e. The van der Waals surface area contributed by atoms with Gasteiger partial charge in [-0.25, -0.2) is 0 Å². The predicted molar refractivity (Wildman–Crippen MR) is 119 cm³/mol. The normalized spacial score (nSPS) is 46.3. The first-order valence-electron chi connectivity index (χ1n) is 12.4. The minimum Gasteiger partial charge on any atom is -0.393 e. The van der Waals surface area contributed by atoms with E-state index in [1.165, 1.54) is 49.9 Å². The molecule has 168 valence electrons. The lowest BCUT2D eigenvalue weighted by molar-refractivity contribution is -0.289. The van der Waals surface area contributed by atoms with Crippen molar-refractivity contribution >= 4 is 0 Å². The van der Waals surface area contributed by atoms with Crippen molar-refractivity contribution in [3.8, 4) is 0 Å². The van der Waals surface area contributed by atoms with E-state index in [2.05, 4.69) is 32.6 Å². The lowest BCUT2D eigenvalue weighted by atomic mass is 9.60. The highest BCUT2D eigenvalue weighted by Gasteiger charge is 2.72. The van der Waals surface area contributed by atoms with Crippen LogP contribution in [0.1, 0.15) is 71.6 Å². The van der Waals surface area contributed by atoms with Crippen molar-refractivity contribution < 1.29 is 20.0 Å². The van der Waals surface area contributed by atoms with Gasteiger partial charge in [0.2, 0.25) is 0 Å². The minimum absolute atomic E-state index is 0.170. The Morgan fingerprint density at radius 1 is 1.16 bits per heavy atom. The Morgan fingerprint density at radius 2 is 1.97 bits per heavy atom. The molecule has 4 fully saturated rings. The maximum atomic E-state index is 10.2. The van der Waals surface area contributed by atoms with Crippen LogP contribution in [0.25, 0.3) is 0 Å². The molecular weight excluding hydrogens is 388 g/mol. The van der Waals surface area contributed by atoms with Gasteiger partial charge in [0, 0.05) is 12.0 Å². The summed E-state index contributed by atoms with van der Waals surface area (Å²) in [7, 11) is 0. The summed E-state index contributed by atoms with van der Waals surface area (Å²) in [6.45, 7) is 8.99. The summed E-state index contributed by atoms with van der Waals surface area (Å²) in [4.78, 5) is 11.5. The zero-order chi connectivity index (χ0) is 21.5. The fourth-order valence-corrected chi connectivity index (χ4v) is 7.82. The molecule has 4 saturated carbocycles. The molecule has 4 nitrogen and oxygen atoms in total. The summed E-state index contributed by atoms with van der Waals surface area (Å²) in [6, 6.07) is 0. The van der Waals surface area contributed by atoms with Crippen molar-refractivity contribution in [2.75, 3.05) is 0 Å². The molecule has 0 radical (unpaired) electrons. The van der Waals surface area contributed by atoms with Gasteiger partial charge in [0.25, 0.3) is 0 Å². The molecular formula is C27H36O4. The van der Waals surface area contributed by atoms with Crippen molar-refractivity contribution in [2.24, 2.45) is 28.6 Å². The number of aliphatic hydroxyl groups excluding tert-OH is 2. The highest BCUT2D eigenvalue weighted by Crippen LogP contribution is 2.75. The Labute approximate surface area is 185 Å². The Hall–Kier alpha value is -1.36. The van der Waals surface area contributed by atoms with Gasteiger partial charge in [0.1, 0.15) is 6.10 Å². The van der Waals surface area contributed by atoms with Gasteiger partial charge in [-0.05, 0) is 85.7 Å². The van der Waals surface area contributed by atoms with Crippen molar-refractivity contribution in [2.45, 2.75) is 89.9 Å². The molecule has 0 aromatic carbocycles. The molecule has 0 saturated heterocycles. The molecule has 31 heavy (non-hydrogen) atoms. The lowest BCUT2D eigenvalue weighted by Gasteiger charge is -2.45. The van der Waals surface area contributed by atoms with E-state index in [9.17, 15) is 10.2 Å². The van der Waals surface area contributed by atoms with E-state index in [0.717, 1.165) is 17.6 Å². The van der Waals surface area contributed by atoms with E-state index in [-0.39, 0.29) is 6.10 Å². The second kappa shape index (κ2) is 6.82. The average molecular weight is 425 g/mol. The standard InChI is InChI=1S/C27H36O4/c1-15-18(13-19(28)14-22(15)29)7-6-17-5-4-10-26(3)20(8-9-21(17)26)16(2)24-23-25(31-30-24)27(23)11-12-27/h6-7,16,19-22,24,28-29H,1,4-5,8-14H2,2-3H3/b17-6+,18-7-/t16-,19+,20+,21?,22-,24?,26+/m0/s1. The number of hydrogen-bond donors (Lipinski definition) is 2. The smallest absolute Gasteiger partial charge is 0.155 e. The van der Waals surface area contributed by atoms with Crippen molar-refractivity contribution in [3.63, 3.8) is 0 Å². The van der Waals surface area contributed by atoms with E-state index in [4.69, 9.17) is 9.78 Å². The molecule has 5 aliphatic carbocycles. The summed E-state index contributed by atoms with van der Waals surface area (Å²) in [5.41, 5.74) is 5.48. The SMILES string of the molecule is C=C1/C(=C\C=C2/CCC[C@@]3(C)C2CC[C@@H]3[C@H](C)C2OOC3=C2C32CC2)C[C@@H](O)C[C@@H]1O. The second-order valence-electron chi connectivity index (χ2n) is 11.4. The van der Waals surface area contributed by atoms with Gasteiger partial charge in [-0.1, -0.05) is 38.2 Å². The first kappa shape index (κ1) is 20.3. The molecule has 7 atom stereocenters. The molecule has 2 unspecified atom stereocenters. The van der Waals surface area contributed by atoms with Crippen molar-refractivity contribution in [3.05, 3.63) is 46.8 Å². The zero-order valence-electron chi connectivity index (χ0n) is 18.9. The van der Waals surface area contributed by atoms with Crippen molar-refractivity contribution in [1.29, 1.82) is 0 Å². The first-order valence-corrected chi connectivity index (χ1v) is 12.4. The molecule has 1 aliphatic heterocycles. The van der Waals surface area contributed by atoms with Gasteiger partial charge in [-0.2, -0.15) is 4.89 Å². The molecule has 6 aliphatic rings. The fourth-order valence-electron chi connectivity index (χ4n) is 7.82. The number of aliphatic hydroxyl groups is 2. The van der Waals surface area contributed by atoms with E-state index < -0.39 is 12.2 Å². The highest BCUT2D eigenvalue weighted by atomic mass is 17.2. The van der Waals surface area contributed by atoms with Crippen molar-refractivity contribution in [1.82, 2.24) is 0 Å². The van der Waals surface area contributed by atoms with Crippen LogP contribution in [-0.4, -0.2) is 28.5 Å². The third-order valence-corrected chi connectivity index (χ3v) is 9.82. The van der Waals surface area contributed by atoms with Crippen LogP contribution in [0.2, 0.25) is 0 Å². The summed E-state index contributed by atoms with van der Waals surface area (Å²) in [6.07, 6.45) is 13.2. The topological polar surface area (TPSA) is 58.9 Å². The molecule has 0 bridgehead atoms.